The lowest BCUT2D eigenvalue weighted by Gasteiger charge is -2.05. The summed E-state index contributed by atoms with van der Waals surface area (Å²) in [4.78, 5) is 18.1. The summed E-state index contributed by atoms with van der Waals surface area (Å²) in [6.07, 6.45) is 5.17. The number of hydrogen-bond acceptors (Lipinski definition) is 4. The molecule has 1 aromatic rings. The second-order valence-electron chi connectivity index (χ2n) is 2.94. The third-order valence-corrected chi connectivity index (χ3v) is 1.84. The standard InChI is InChI=1S/C10H13N3O2/c1-4-8-7(2)12-10(13-9(8)14)11-5-6-15-3/h1H,5-6H2,2-3H3,(H2,11,12,13,14). The van der Waals surface area contributed by atoms with Crippen LogP contribution in [-0.4, -0.2) is 30.2 Å². The average Bonchev–Trinajstić information content (AvgIpc) is 2.18. The van der Waals surface area contributed by atoms with E-state index in [9.17, 15) is 4.79 Å². The van der Waals surface area contributed by atoms with Crippen molar-refractivity contribution in [2.24, 2.45) is 0 Å². The second-order valence-corrected chi connectivity index (χ2v) is 2.94. The summed E-state index contributed by atoms with van der Waals surface area (Å²) >= 11 is 0. The summed E-state index contributed by atoms with van der Waals surface area (Å²) in [5, 5.41) is 2.92. The van der Waals surface area contributed by atoms with Crippen LogP contribution in [-0.2, 0) is 4.74 Å². The molecule has 5 heteroatoms. The number of hydrogen-bond donors (Lipinski definition) is 2. The molecular weight excluding hydrogens is 194 g/mol. The maximum absolute atomic E-state index is 11.4. The zero-order valence-electron chi connectivity index (χ0n) is 8.76. The van der Waals surface area contributed by atoms with Crippen molar-refractivity contribution >= 4 is 5.95 Å². The number of terminal acetylenes is 1. The Morgan fingerprint density at radius 2 is 2.40 bits per heavy atom. The molecule has 0 radical (unpaired) electrons. The van der Waals surface area contributed by atoms with Crippen molar-refractivity contribution < 1.29 is 4.74 Å². The van der Waals surface area contributed by atoms with Gasteiger partial charge >= 0.3 is 0 Å². The van der Waals surface area contributed by atoms with Gasteiger partial charge in [-0.15, -0.1) is 6.42 Å². The number of anilines is 1. The van der Waals surface area contributed by atoms with Crippen molar-refractivity contribution in [3.05, 3.63) is 21.6 Å². The molecule has 0 saturated heterocycles. The van der Waals surface area contributed by atoms with Crippen LogP contribution in [0.4, 0.5) is 5.95 Å². The first-order chi connectivity index (χ1) is 7.19. The maximum atomic E-state index is 11.4. The van der Waals surface area contributed by atoms with Gasteiger partial charge in [-0.05, 0) is 6.92 Å². The Balaban J connectivity index is 2.86. The number of aryl methyl sites for hydroxylation is 1. The molecule has 0 aliphatic carbocycles. The van der Waals surface area contributed by atoms with Gasteiger partial charge in [0.2, 0.25) is 5.95 Å². The Hall–Kier alpha value is -1.80. The van der Waals surface area contributed by atoms with E-state index in [1.54, 1.807) is 14.0 Å². The Kier molecular flexibility index (Phi) is 3.89. The molecule has 0 saturated carbocycles. The number of ether oxygens (including phenoxy) is 1. The molecule has 1 rings (SSSR count). The second kappa shape index (κ2) is 5.17. The molecule has 0 bridgehead atoms. The zero-order valence-corrected chi connectivity index (χ0v) is 8.76. The minimum absolute atomic E-state index is 0.271. The van der Waals surface area contributed by atoms with Gasteiger partial charge in [0.25, 0.3) is 5.56 Å². The zero-order chi connectivity index (χ0) is 11.3. The van der Waals surface area contributed by atoms with Crippen LogP contribution in [0.25, 0.3) is 0 Å². The van der Waals surface area contributed by atoms with E-state index in [1.165, 1.54) is 0 Å². The highest BCUT2D eigenvalue weighted by Crippen LogP contribution is 2.00. The predicted octanol–water partition coefficient (Wildman–Crippen LogP) is 0.118. The summed E-state index contributed by atoms with van der Waals surface area (Å²) < 4.78 is 4.85. The normalized spacial score (nSPS) is 9.67. The Morgan fingerprint density at radius 1 is 1.67 bits per heavy atom. The quantitative estimate of drug-likeness (QED) is 0.543. The van der Waals surface area contributed by atoms with Crippen LogP contribution < -0.4 is 10.9 Å². The van der Waals surface area contributed by atoms with Gasteiger partial charge in [-0.1, -0.05) is 5.92 Å². The van der Waals surface area contributed by atoms with Crippen LogP contribution in [0.3, 0.4) is 0 Å². The minimum atomic E-state index is -0.301. The number of methoxy groups -OCH3 is 1. The lowest BCUT2D eigenvalue weighted by Crippen LogP contribution is -2.19. The third-order valence-electron chi connectivity index (χ3n) is 1.84. The molecule has 1 heterocycles. The van der Waals surface area contributed by atoms with Gasteiger partial charge in [0.1, 0.15) is 5.56 Å². The van der Waals surface area contributed by atoms with Gasteiger partial charge in [-0.25, -0.2) is 4.98 Å². The number of rotatable bonds is 4. The molecule has 0 fully saturated rings. The molecule has 0 aromatic carbocycles. The highest BCUT2D eigenvalue weighted by atomic mass is 16.5. The van der Waals surface area contributed by atoms with Crippen molar-refractivity contribution in [2.45, 2.75) is 6.92 Å². The van der Waals surface area contributed by atoms with Gasteiger partial charge in [-0.3, -0.25) is 9.78 Å². The van der Waals surface area contributed by atoms with E-state index in [2.05, 4.69) is 21.2 Å². The summed E-state index contributed by atoms with van der Waals surface area (Å²) in [6.45, 7) is 2.82. The number of H-pyrrole nitrogens is 1. The molecule has 0 atom stereocenters. The highest BCUT2D eigenvalue weighted by Gasteiger charge is 2.04. The molecular formula is C10H13N3O2. The SMILES string of the molecule is C#Cc1c(C)nc(NCCOC)[nH]c1=O. The van der Waals surface area contributed by atoms with E-state index in [1.807, 2.05) is 0 Å². The highest BCUT2D eigenvalue weighted by molar-refractivity contribution is 5.37. The van der Waals surface area contributed by atoms with Gasteiger partial charge in [0.05, 0.1) is 12.3 Å². The van der Waals surface area contributed by atoms with Crippen molar-refractivity contribution in [1.82, 2.24) is 9.97 Å². The fraction of sp³-hybridized carbons (Fsp3) is 0.400. The van der Waals surface area contributed by atoms with Crippen molar-refractivity contribution in [1.29, 1.82) is 0 Å². The number of aromatic nitrogens is 2. The number of aromatic amines is 1. The van der Waals surface area contributed by atoms with Gasteiger partial charge in [0, 0.05) is 13.7 Å². The van der Waals surface area contributed by atoms with Crippen LogP contribution >= 0.6 is 0 Å². The van der Waals surface area contributed by atoms with E-state index in [4.69, 9.17) is 11.2 Å². The molecule has 0 aliphatic heterocycles. The molecule has 1 aromatic heterocycles. The lowest BCUT2D eigenvalue weighted by molar-refractivity contribution is 0.210. The third kappa shape index (κ3) is 2.82. The van der Waals surface area contributed by atoms with Gasteiger partial charge in [-0.2, -0.15) is 0 Å². The molecule has 0 spiro atoms. The van der Waals surface area contributed by atoms with Crippen LogP contribution in [0.15, 0.2) is 4.79 Å². The fourth-order valence-corrected chi connectivity index (χ4v) is 1.11. The molecule has 5 nitrogen and oxygen atoms in total. The van der Waals surface area contributed by atoms with Gasteiger partial charge < -0.3 is 10.1 Å². The Bertz CT molecular complexity index is 431. The Labute approximate surface area is 87.9 Å². The van der Waals surface area contributed by atoms with Crippen molar-refractivity contribution in [2.75, 3.05) is 25.6 Å². The lowest BCUT2D eigenvalue weighted by atomic mass is 10.2. The monoisotopic (exact) mass is 207 g/mol. The van der Waals surface area contributed by atoms with Crippen molar-refractivity contribution in [3.63, 3.8) is 0 Å². The average molecular weight is 207 g/mol. The van der Waals surface area contributed by atoms with Crippen LogP contribution in [0.5, 0.6) is 0 Å². The Morgan fingerprint density at radius 3 is 2.93 bits per heavy atom. The first-order valence-electron chi connectivity index (χ1n) is 4.49. The van der Waals surface area contributed by atoms with E-state index in [-0.39, 0.29) is 11.1 Å². The first-order valence-corrected chi connectivity index (χ1v) is 4.49. The fourth-order valence-electron chi connectivity index (χ4n) is 1.11. The predicted molar refractivity (Wildman–Crippen MR) is 57.9 cm³/mol. The molecule has 0 aliphatic rings. The number of nitrogens with one attached hydrogen (secondary N) is 2. The molecule has 80 valence electrons. The summed E-state index contributed by atoms with van der Waals surface area (Å²) in [5.74, 6) is 2.71. The summed E-state index contributed by atoms with van der Waals surface area (Å²) in [7, 11) is 1.60. The van der Waals surface area contributed by atoms with E-state index in [0.717, 1.165) is 0 Å². The largest absolute Gasteiger partial charge is 0.383 e. The van der Waals surface area contributed by atoms with E-state index in [0.29, 0.717) is 24.8 Å². The molecule has 2 N–H and O–H groups in total. The first kappa shape index (κ1) is 11.3. The maximum Gasteiger partial charge on any atom is 0.268 e. The number of nitrogens with zero attached hydrogens (tertiary/aromatic N) is 1. The van der Waals surface area contributed by atoms with Crippen molar-refractivity contribution in [3.8, 4) is 12.3 Å². The smallest absolute Gasteiger partial charge is 0.268 e. The molecule has 15 heavy (non-hydrogen) atoms. The van der Waals surface area contributed by atoms with Crippen LogP contribution in [0.2, 0.25) is 0 Å². The van der Waals surface area contributed by atoms with Crippen LogP contribution in [0.1, 0.15) is 11.3 Å². The minimum Gasteiger partial charge on any atom is -0.383 e. The van der Waals surface area contributed by atoms with Crippen LogP contribution in [0, 0.1) is 19.3 Å². The topological polar surface area (TPSA) is 67.0 Å². The summed E-state index contributed by atoms with van der Waals surface area (Å²) in [6, 6.07) is 0. The molecule has 0 unspecified atom stereocenters. The van der Waals surface area contributed by atoms with E-state index >= 15 is 0 Å². The van der Waals surface area contributed by atoms with E-state index < -0.39 is 0 Å². The summed E-state index contributed by atoms with van der Waals surface area (Å²) in [5.41, 5.74) is 0.512. The molecule has 0 amide bonds. The van der Waals surface area contributed by atoms with Gasteiger partial charge in [0.15, 0.2) is 0 Å².